The number of rotatable bonds is 4. The maximum absolute atomic E-state index is 12.1. The van der Waals surface area contributed by atoms with Crippen LogP contribution in [0.3, 0.4) is 0 Å². The Hall–Kier alpha value is -1.85. The molecule has 0 spiro atoms. The van der Waals surface area contributed by atoms with Crippen molar-refractivity contribution in [3.05, 3.63) is 58.1 Å². The second kappa shape index (κ2) is 6.74. The lowest BCUT2D eigenvalue weighted by molar-refractivity contribution is -0.117. The van der Waals surface area contributed by atoms with Crippen molar-refractivity contribution >= 4 is 27.5 Å². The van der Waals surface area contributed by atoms with Gasteiger partial charge in [0.2, 0.25) is 5.91 Å². The van der Waals surface area contributed by atoms with Crippen LogP contribution in [0.15, 0.2) is 46.9 Å². The maximum Gasteiger partial charge on any atom is 0.241 e. The predicted molar refractivity (Wildman–Crippen MR) is 87.3 cm³/mol. The SMILES string of the molecule is Cc1cc(Br)cc(NC(=O)[C@@H](N)Cc2ccc(O)cc2)c1. The smallest absolute Gasteiger partial charge is 0.241 e. The number of carbonyl (C=O) groups excluding carboxylic acids is 1. The molecule has 0 saturated heterocycles. The van der Waals surface area contributed by atoms with E-state index in [0.717, 1.165) is 15.6 Å². The number of aromatic hydroxyl groups is 1. The second-order valence-corrected chi connectivity index (χ2v) is 5.90. The summed E-state index contributed by atoms with van der Waals surface area (Å²) < 4.78 is 0.907. The van der Waals surface area contributed by atoms with Crippen molar-refractivity contribution in [2.45, 2.75) is 19.4 Å². The largest absolute Gasteiger partial charge is 0.508 e. The molecule has 4 N–H and O–H groups in total. The van der Waals surface area contributed by atoms with Crippen molar-refractivity contribution in [2.24, 2.45) is 5.73 Å². The van der Waals surface area contributed by atoms with E-state index in [1.165, 1.54) is 0 Å². The number of halogens is 1. The molecule has 0 heterocycles. The highest BCUT2D eigenvalue weighted by atomic mass is 79.9. The van der Waals surface area contributed by atoms with Crippen LogP contribution in [0.1, 0.15) is 11.1 Å². The Morgan fingerprint density at radius 3 is 2.57 bits per heavy atom. The van der Waals surface area contributed by atoms with E-state index in [-0.39, 0.29) is 11.7 Å². The highest BCUT2D eigenvalue weighted by Gasteiger charge is 2.14. The van der Waals surface area contributed by atoms with E-state index in [1.54, 1.807) is 24.3 Å². The minimum atomic E-state index is -0.645. The van der Waals surface area contributed by atoms with Crippen molar-refractivity contribution in [1.29, 1.82) is 0 Å². The van der Waals surface area contributed by atoms with E-state index in [4.69, 9.17) is 5.73 Å². The van der Waals surface area contributed by atoms with Crippen molar-refractivity contribution in [3.8, 4) is 5.75 Å². The summed E-state index contributed by atoms with van der Waals surface area (Å²) in [6, 6.07) is 11.7. The van der Waals surface area contributed by atoms with Gasteiger partial charge in [0.25, 0.3) is 0 Å². The Morgan fingerprint density at radius 2 is 1.95 bits per heavy atom. The van der Waals surface area contributed by atoms with Gasteiger partial charge < -0.3 is 16.2 Å². The predicted octanol–water partition coefficient (Wildman–Crippen LogP) is 2.97. The number of aryl methyl sites for hydroxylation is 1. The van der Waals surface area contributed by atoms with E-state index in [9.17, 15) is 9.90 Å². The van der Waals surface area contributed by atoms with Gasteiger partial charge in [0, 0.05) is 10.2 Å². The van der Waals surface area contributed by atoms with Crippen LogP contribution in [0.4, 0.5) is 5.69 Å². The Morgan fingerprint density at radius 1 is 1.29 bits per heavy atom. The Bertz CT molecular complexity index is 621. The van der Waals surface area contributed by atoms with Crippen LogP contribution < -0.4 is 11.1 Å². The topological polar surface area (TPSA) is 75.4 Å². The van der Waals surface area contributed by atoms with Gasteiger partial charge in [-0.05, 0) is 54.8 Å². The third kappa shape index (κ3) is 4.58. The van der Waals surface area contributed by atoms with Gasteiger partial charge in [-0.1, -0.05) is 28.1 Å². The highest BCUT2D eigenvalue weighted by Crippen LogP contribution is 2.19. The summed E-state index contributed by atoms with van der Waals surface area (Å²) in [6.07, 6.45) is 0.416. The van der Waals surface area contributed by atoms with Crippen molar-refractivity contribution in [1.82, 2.24) is 0 Å². The fraction of sp³-hybridized carbons (Fsp3) is 0.188. The summed E-state index contributed by atoms with van der Waals surface area (Å²) in [4.78, 5) is 12.1. The minimum Gasteiger partial charge on any atom is -0.508 e. The third-order valence-corrected chi connectivity index (χ3v) is 3.50. The molecule has 0 aromatic heterocycles. The van der Waals surface area contributed by atoms with Crippen LogP contribution in [0.5, 0.6) is 5.75 Å². The van der Waals surface area contributed by atoms with Crippen LogP contribution in [-0.4, -0.2) is 17.1 Å². The Balaban J connectivity index is 2.00. The molecule has 0 saturated carbocycles. The lowest BCUT2D eigenvalue weighted by atomic mass is 10.1. The van der Waals surface area contributed by atoms with Crippen LogP contribution in [0.2, 0.25) is 0 Å². The summed E-state index contributed by atoms with van der Waals surface area (Å²) in [6.45, 7) is 1.96. The van der Waals surface area contributed by atoms with E-state index in [0.29, 0.717) is 12.1 Å². The highest BCUT2D eigenvalue weighted by molar-refractivity contribution is 9.10. The number of benzene rings is 2. The first-order valence-electron chi connectivity index (χ1n) is 6.55. The molecule has 1 amide bonds. The first-order valence-corrected chi connectivity index (χ1v) is 7.35. The zero-order valence-electron chi connectivity index (χ0n) is 11.6. The van der Waals surface area contributed by atoms with E-state index >= 15 is 0 Å². The molecule has 0 unspecified atom stereocenters. The second-order valence-electron chi connectivity index (χ2n) is 4.98. The lowest BCUT2D eigenvalue weighted by Crippen LogP contribution is -2.37. The molecule has 0 radical (unpaired) electrons. The molecule has 2 rings (SSSR count). The molecule has 2 aromatic carbocycles. The van der Waals surface area contributed by atoms with E-state index in [2.05, 4.69) is 21.2 Å². The van der Waals surface area contributed by atoms with Gasteiger partial charge in [0.05, 0.1) is 6.04 Å². The number of phenolic OH excluding ortho intramolecular Hbond substituents is 1. The standard InChI is InChI=1S/C16H17BrN2O2/c1-10-6-12(17)9-13(7-10)19-16(21)15(18)8-11-2-4-14(20)5-3-11/h2-7,9,15,20H,8,18H2,1H3,(H,19,21)/t15-/m0/s1. The molecule has 0 aliphatic heterocycles. The number of hydrogen-bond acceptors (Lipinski definition) is 3. The molecule has 1 atom stereocenters. The molecule has 0 aliphatic rings. The molecule has 0 bridgehead atoms. The number of amides is 1. The number of hydrogen-bond donors (Lipinski definition) is 3. The molecule has 5 heteroatoms. The molecule has 4 nitrogen and oxygen atoms in total. The molecule has 0 fully saturated rings. The summed E-state index contributed by atoms with van der Waals surface area (Å²) >= 11 is 3.39. The van der Waals surface area contributed by atoms with Gasteiger partial charge in [-0.25, -0.2) is 0 Å². The summed E-state index contributed by atoms with van der Waals surface area (Å²) in [7, 11) is 0. The summed E-state index contributed by atoms with van der Waals surface area (Å²) in [5, 5.41) is 12.0. The Kier molecular flexibility index (Phi) is 4.98. The van der Waals surface area contributed by atoms with Crippen LogP contribution in [0, 0.1) is 6.92 Å². The quantitative estimate of drug-likeness (QED) is 0.794. The average molecular weight is 349 g/mol. The maximum atomic E-state index is 12.1. The lowest BCUT2D eigenvalue weighted by Gasteiger charge is -2.13. The minimum absolute atomic E-state index is 0.196. The number of carbonyl (C=O) groups is 1. The van der Waals surface area contributed by atoms with Crippen LogP contribution in [0.25, 0.3) is 0 Å². The van der Waals surface area contributed by atoms with E-state index < -0.39 is 6.04 Å². The fourth-order valence-corrected chi connectivity index (χ4v) is 2.63. The van der Waals surface area contributed by atoms with Crippen LogP contribution >= 0.6 is 15.9 Å². The average Bonchev–Trinajstić information content (AvgIpc) is 2.40. The number of anilines is 1. The normalized spacial score (nSPS) is 12.0. The third-order valence-electron chi connectivity index (χ3n) is 3.04. The molecule has 21 heavy (non-hydrogen) atoms. The van der Waals surface area contributed by atoms with Crippen molar-refractivity contribution < 1.29 is 9.90 Å². The number of nitrogens with two attached hydrogens (primary N) is 1. The first kappa shape index (κ1) is 15.5. The monoisotopic (exact) mass is 348 g/mol. The van der Waals surface area contributed by atoms with Crippen molar-refractivity contribution in [3.63, 3.8) is 0 Å². The van der Waals surface area contributed by atoms with Gasteiger partial charge in [-0.2, -0.15) is 0 Å². The van der Waals surface area contributed by atoms with Gasteiger partial charge in [-0.15, -0.1) is 0 Å². The molecular weight excluding hydrogens is 332 g/mol. The molecular formula is C16H17BrN2O2. The van der Waals surface area contributed by atoms with Gasteiger partial charge in [0.1, 0.15) is 5.75 Å². The zero-order valence-corrected chi connectivity index (χ0v) is 13.2. The van der Waals surface area contributed by atoms with Gasteiger partial charge in [-0.3, -0.25) is 4.79 Å². The van der Waals surface area contributed by atoms with E-state index in [1.807, 2.05) is 25.1 Å². The summed E-state index contributed by atoms with van der Waals surface area (Å²) in [5.41, 5.74) is 8.59. The van der Waals surface area contributed by atoms with Gasteiger partial charge in [0.15, 0.2) is 0 Å². The number of nitrogens with one attached hydrogen (secondary N) is 1. The Labute approximate surface area is 132 Å². The fourth-order valence-electron chi connectivity index (χ4n) is 2.02. The van der Waals surface area contributed by atoms with Crippen molar-refractivity contribution in [2.75, 3.05) is 5.32 Å². The van der Waals surface area contributed by atoms with Gasteiger partial charge >= 0.3 is 0 Å². The molecule has 110 valence electrons. The summed E-state index contributed by atoms with van der Waals surface area (Å²) in [5.74, 6) is -0.0399. The van der Waals surface area contributed by atoms with Crippen LogP contribution in [-0.2, 0) is 11.2 Å². The zero-order chi connectivity index (χ0) is 15.4. The number of phenols is 1. The molecule has 2 aromatic rings. The molecule has 0 aliphatic carbocycles. The first-order chi connectivity index (χ1) is 9.94.